The van der Waals surface area contributed by atoms with Crippen molar-refractivity contribution in [2.24, 2.45) is 5.92 Å². The van der Waals surface area contributed by atoms with Gasteiger partial charge in [-0.1, -0.05) is 19.3 Å². The largest absolute Gasteiger partial charge is 0.481 e. The van der Waals surface area contributed by atoms with E-state index in [1.807, 2.05) is 4.90 Å². The van der Waals surface area contributed by atoms with Gasteiger partial charge in [-0.15, -0.1) is 0 Å². The lowest BCUT2D eigenvalue weighted by Gasteiger charge is -2.36. The van der Waals surface area contributed by atoms with Gasteiger partial charge in [-0.2, -0.15) is 0 Å². The van der Waals surface area contributed by atoms with Crippen molar-refractivity contribution in [1.82, 2.24) is 10.2 Å². The van der Waals surface area contributed by atoms with Crippen LogP contribution in [0.25, 0.3) is 0 Å². The number of amides is 1. The molecule has 17 heavy (non-hydrogen) atoms. The molecule has 1 aliphatic heterocycles. The average Bonchev–Trinajstić information content (AvgIpc) is 2.23. The quantitative estimate of drug-likeness (QED) is 0.748. The van der Waals surface area contributed by atoms with Gasteiger partial charge in [-0.05, 0) is 12.8 Å². The lowest BCUT2D eigenvalue weighted by atomic mass is 9.95. The Morgan fingerprint density at radius 2 is 1.82 bits per heavy atom. The topological polar surface area (TPSA) is 69.6 Å². The van der Waals surface area contributed by atoms with Crippen molar-refractivity contribution in [2.75, 3.05) is 19.6 Å². The smallest absolute Gasteiger partial charge is 0.309 e. The molecule has 0 spiro atoms. The van der Waals surface area contributed by atoms with Gasteiger partial charge in [0.25, 0.3) is 0 Å². The van der Waals surface area contributed by atoms with Gasteiger partial charge in [0.05, 0.1) is 12.5 Å². The van der Waals surface area contributed by atoms with Crippen LogP contribution < -0.4 is 5.32 Å². The van der Waals surface area contributed by atoms with Gasteiger partial charge in [0.15, 0.2) is 0 Å². The van der Waals surface area contributed by atoms with E-state index >= 15 is 0 Å². The highest BCUT2D eigenvalue weighted by Gasteiger charge is 2.33. The van der Waals surface area contributed by atoms with E-state index in [-0.39, 0.29) is 11.8 Å². The second kappa shape index (κ2) is 5.49. The molecule has 0 aromatic rings. The van der Waals surface area contributed by atoms with E-state index in [0.717, 1.165) is 12.8 Å². The summed E-state index contributed by atoms with van der Waals surface area (Å²) in [5.74, 6) is -0.993. The molecule has 2 rings (SSSR count). The fraction of sp³-hybridized carbons (Fsp3) is 0.833. The van der Waals surface area contributed by atoms with Crippen molar-refractivity contribution in [1.29, 1.82) is 0 Å². The minimum absolute atomic E-state index is 0.0424. The first-order valence-corrected chi connectivity index (χ1v) is 6.39. The van der Waals surface area contributed by atoms with Crippen LogP contribution in [0.5, 0.6) is 0 Å². The van der Waals surface area contributed by atoms with E-state index in [1.54, 1.807) is 0 Å². The number of carboxylic acids is 1. The molecular formula is C12H20N2O3. The summed E-state index contributed by atoms with van der Waals surface area (Å²) in [6.45, 7) is 1.36. The minimum atomic E-state index is -0.756. The normalized spacial score (nSPS) is 23.1. The maximum absolute atomic E-state index is 11.7. The molecule has 0 aromatic heterocycles. The average molecular weight is 240 g/mol. The fourth-order valence-corrected chi connectivity index (χ4v) is 2.58. The van der Waals surface area contributed by atoms with Crippen molar-refractivity contribution in [3.05, 3.63) is 0 Å². The zero-order valence-corrected chi connectivity index (χ0v) is 10.0. The number of nitrogens with zero attached hydrogens (tertiary/aromatic N) is 1. The second-order valence-electron chi connectivity index (χ2n) is 5.13. The Bertz CT molecular complexity index is 294. The van der Waals surface area contributed by atoms with E-state index in [9.17, 15) is 9.59 Å². The summed E-state index contributed by atoms with van der Waals surface area (Å²) >= 11 is 0. The van der Waals surface area contributed by atoms with Gasteiger partial charge in [0, 0.05) is 19.1 Å². The van der Waals surface area contributed by atoms with Crippen LogP contribution in [0.15, 0.2) is 0 Å². The molecule has 0 aromatic carbocycles. The highest BCUT2D eigenvalue weighted by Crippen LogP contribution is 2.18. The number of rotatable bonds is 4. The van der Waals surface area contributed by atoms with E-state index in [4.69, 9.17) is 5.11 Å². The molecule has 0 bridgehead atoms. The summed E-state index contributed by atoms with van der Waals surface area (Å²) in [6.07, 6.45) is 5.86. The maximum atomic E-state index is 11.7. The second-order valence-corrected chi connectivity index (χ2v) is 5.13. The Balaban J connectivity index is 1.63. The lowest BCUT2D eigenvalue weighted by Crippen LogP contribution is -2.54. The fourth-order valence-electron chi connectivity index (χ4n) is 2.58. The Kier molecular flexibility index (Phi) is 3.99. The predicted molar refractivity (Wildman–Crippen MR) is 62.6 cm³/mol. The Morgan fingerprint density at radius 1 is 1.18 bits per heavy atom. The summed E-state index contributed by atoms with van der Waals surface area (Å²) in [5.41, 5.74) is 0. The third kappa shape index (κ3) is 3.43. The molecular weight excluding hydrogens is 220 g/mol. The molecule has 2 fully saturated rings. The van der Waals surface area contributed by atoms with E-state index in [2.05, 4.69) is 5.32 Å². The molecule has 0 atom stereocenters. The maximum Gasteiger partial charge on any atom is 0.309 e. The van der Waals surface area contributed by atoms with Crippen molar-refractivity contribution < 1.29 is 14.7 Å². The zero-order valence-electron chi connectivity index (χ0n) is 10.0. The van der Waals surface area contributed by atoms with Crippen LogP contribution in [0.1, 0.15) is 32.1 Å². The number of hydrogen-bond donors (Lipinski definition) is 2. The van der Waals surface area contributed by atoms with Gasteiger partial charge >= 0.3 is 5.97 Å². The highest BCUT2D eigenvalue weighted by molar-refractivity contribution is 5.79. The molecule has 1 aliphatic carbocycles. The number of carboxylic acid groups (broad SMARTS) is 1. The summed E-state index contributed by atoms with van der Waals surface area (Å²) in [6, 6.07) is 0.341. The van der Waals surface area contributed by atoms with Crippen molar-refractivity contribution in [3.8, 4) is 0 Å². The molecule has 1 amide bonds. The monoisotopic (exact) mass is 240 g/mol. The molecule has 0 unspecified atom stereocenters. The molecule has 5 nitrogen and oxygen atoms in total. The van der Waals surface area contributed by atoms with Gasteiger partial charge < -0.3 is 10.4 Å². The minimum Gasteiger partial charge on any atom is -0.481 e. The SMILES string of the molecule is O=C(CN1CC(C(=O)O)C1)NC1CCCCC1. The third-order valence-electron chi connectivity index (χ3n) is 3.64. The number of aliphatic carboxylic acids is 1. The first-order valence-electron chi connectivity index (χ1n) is 6.39. The molecule has 96 valence electrons. The van der Waals surface area contributed by atoms with Crippen molar-refractivity contribution in [2.45, 2.75) is 38.1 Å². The highest BCUT2D eigenvalue weighted by atomic mass is 16.4. The predicted octanol–water partition coefficient (Wildman–Crippen LogP) is 0.452. The molecule has 2 N–H and O–H groups in total. The van der Waals surface area contributed by atoms with Gasteiger partial charge in [-0.3, -0.25) is 14.5 Å². The number of carbonyl (C=O) groups is 2. The van der Waals surface area contributed by atoms with Crippen LogP contribution in [0.3, 0.4) is 0 Å². The van der Waals surface area contributed by atoms with E-state index in [1.165, 1.54) is 19.3 Å². The van der Waals surface area contributed by atoms with Crippen LogP contribution in [-0.4, -0.2) is 47.6 Å². The van der Waals surface area contributed by atoms with Crippen LogP contribution >= 0.6 is 0 Å². The van der Waals surface area contributed by atoms with Crippen molar-refractivity contribution >= 4 is 11.9 Å². The van der Waals surface area contributed by atoms with Crippen LogP contribution in [0.4, 0.5) is 0 Å². The number of nitrogens with one attached hydrogen (secondary N) is 1. The molecule has 1 heterocycles. The Morgan fingerprint density at radius 3 is 2.41 bits per heavy atom. The summed E-state index contributed by atoms with van der Waals surface area (Å²) in [7, 11) is 0. The third-order valence-corrected chi connectivity index (χ3v) is 3.64. The number of carbonyl (C=O) groups excluding carboxylic acids is 1. The lowest BCUT2D eigenvalue weighted by molar-refractivity contribution is -0.148. The van der Waals surface area contributed by atoms with Crippen LogP contribution in [0.2, 0.25) is 0 Å². The van der Waals surface area contributed by atoms with Crippen LogP contribution in [-0.2, 0) is 9.59 Å². The zero-order chi connectivity index (χ0) is 12.3. The molecule has 1 saturated heterocycles. The Hall–Kier alpha value is -1.10. The van der Waals surface area contributed by atoms with Gasteiger partial charge in [-0.25, -0.2) is 0 Å². The molecule has 1 saturated carbocycles. The number of hydrogen-bond acceptors (Lipinski definition) is 3. The van der Waals surface area contributed by atoms with E-state index < -0.39 is 5.97 Å². The van der Waals surface area contributed by atoms with Gasteiger partial charge in [0.1, 0.15) is 0 Å². The number of likely N-dealkylation sites (tertiary alicyclic amines) is 1. The van der Waals surface area contributed by atoms with E-state index in [0.29, 0.717) is 25.7 Å². The summed E-state index contributed by atoms with van der Waals surface area (Å²) in [4.78, 5) is 24.2. The molecule has 2 aliphatic rings. The summed E-state index contributed by atoms with van der Waals surface area (Å²) in [5, 5.41) is 11.8. The summed E-state index contributed by atoms with van der Waals surface area (Å²) < 4.78 is 0. The standard InChI is InChI=1S/C12H20N2O3/c15-11(13-10-4-2-1-3-5-10)8-14-6-9(7-14)12(16)17/h9-10H,1-8H2,(H,13,15)(H,16,17). The van der Waals surface area contributed by atoms with Crippen LogP contribution in [0, 0.1) is 5.92 Å². The Labute approximate surface area is 101 Å². The van der Waals surface area contributed by atoms with Crippen molar-refractivity contribution in [3.63, 3.8) is 0 Å². The molecule has 5 heteroatoms. The first-order chi connectivity index (χ1) is 8.15. The molecule has 0 radical (unpaired) electrons. The first kappa shape index (κ1) is 12.4. The van der Waals surface area contributed by atoms with Gasteiger partial charge in [0.2, 0.25) is 5.91 Å².